The highest BCUT2D eigenvalue weighted by Crippen LogP contribution is 2.36. The van der Waals surface area contributed by atoms with Crippen LogP contribution < -0.4 is 5.32 Å². The second-order valence-electron chi connectivity index (χ2n) is 8.41. The molecule has 2 unspecified atom stereocenters. The summed E-state index contributed by atoms with van der Waals surface area (Å²) >= 11 is 1.23. The number of hydrogen-bond acceptors (Lipinski definition) is 5. The van der Waals surface area contributed by atoms with E-state index in [1.54, 1.807) is 11.1 Å². The van der Waals surface area contributed by atoms with E-state index in [1.807, 2.05) is 18.2 Å². The summed E-state index contributed by atoms with van der Waals surface area (Å²) in [5, 5.41) is 3.26. The van der Waals surface area contributed by atoms with Gasteiger partial charge in [-0.2, -0.15) is 0 Å². The molecule has 3 aliphatic rings. The highest BCUT2D eigenvalue weighted by molar-refractivity contribution is 8.14. The number of pyridine rings is 1. The van der Waals surface area contributed by atoms with Gasteiger partial charge in [0.15, 0.2) is 11.2 Å². The Morgan fingerprint density at radius 2 is 1.83 bits per heavy atom. The normalized spacial score (nSPS) is 24.0. The molecule has 156 valence electrons. The minimum absolute atomic E-state index is 0.0320. The molecule has 1 aliphatic heterocycles. The molecule has 2 aliphatic carbocycles. The van der Waals surface area contributed by atoms with Crippen molar-refractivity contribution in [1.29, 1.82) is 0 Å². The Balaban J connectivity index is 1.65. The number of nitrogens with zero attached hydrogens (tertiary/aromatic N) is 2. The maximum absolute atomic E-state index is 13.6. The fraction of sp³-hybridized carbons (Fsp3) is 0.636. The molecule has 0 spiro atoms. The molecule has 1 N–H and O–H groups in total. The molecule has 2 heterocycles. The van der Waals surface area contributed by atoms with Crippen LogP contribution in [0.1, 0.15) is 69.5 Å². The summed E-state index contributed by atoms with van der Waals surface area (Å²) in [7, 11) is 0. The molecule has 1 saturated heterocycles. The van der Waals surface area contributed by atoms with E-state index in [1.165, 1.54) is 11.8 Å². The van der Waals surface area contributed by atoms with Gasteiger partial charge in [-0.25, -0.2) is 0 Å². The zero-order valence-electron chi connectivity index (χ0n) is 16.7. The third-order valence-electron chi connectivity index (χ3n) is 6.38. The fourth-order valence-corrected chi connectivity index (χ4v) is 5.84. The lowest BCUT2D eigenvalue weighted by molar-refractivity contribution is -0.147. The summed E-state index contributed by atoms with van der Waals surface area (Å²) < 4.78 is 0. The van der Waals surface area contributed by atoms with Crippen molar-refractivity contribution >= 4 is 28.7 Å². The molecule has 3 fully saturated rings. The number of carbonyl (C=O) groups excluding carboxylic acids is 3. The average Bonchev–Trinajstić information content (AvgIpc) is 3.49. The van der Waals surface area contributed by atoms with Crippen molar-refractivity contribution in [2.45, 2.75) is 75.9 Å². The van der Waals surface area contributed by atoms with Crippen molar-refractivity contribution in [2.75, 3.05) is 5.75 Å². The van der Waals surface area contributed by atoms with Gasteiger partial charge in [0.1, 0.15) is 0 Å². The number of rotatable bonds is 6. The molecular formula is C22H29N3O3S. The van der Waals surface area contributed by atoms with E-state index >= 15 is 0 Å². The largest absolute Gasteiger partial charge is 0.351 e. The second-order valence-corrected chi connectivity index (χ2v) is 9.49. The lowest BCUT2D eigenvalue weighted by atomic mass is 10.00. The molecule has 7 heteroatoms. The maximum atomic E-state index is 13.6. The van der Waals surface area contributed by atoms with Gasteiger partial charge >= 0.3 is 0 Å². The first-order chi connectivity index (χ1) is 14.1. The third kappa shape index (κ3) is 4.65. The third-order valence-corrected chi connectivity index (χ3v) is 7.43. The van der Waals surface area contributed by atoms with Gasteiger partial charge in [0, 0.05) is 30.5 Å². The first kappa shape index (κ1) is 20.4. The van der Waals surface area contributed by atoms with Crippen LogP contribution in [0, 0.1) is 5.92 Å². The van der Waals surface area contributed by atoms with Gasteiger partial charge in [-0.1, -0.05) is 43.5 Å². The van der Waals surface area contributed by atoms with Crippen LogP contribution in [0.2, 0.25) is 0 Å². The van der Waals surface area contributed by atoms with Crippen molar-refractivity contribution in [1.82, 2.24) is 15.2 Å². The van der Waals surface area contributed by atoms with E-state index < -0.39 is 6.04 Å². The molecule has 2 saturated carbocycles. The van der Waals surface area contributed by atoms with Gasteiger partial charge in [0.25, 0.3) is 0 Å². The van der Waals surface area contributed by atoms with Crippen LogP contribution in [0.3, 0.4) is 0 Å². The van der Waals surface area contributed by atoms with Gasteiger partial charge in [-0.15, -0.1) is 0 Å². The monoisotopic (exact) mass is 415 g/mol. The Morgan fingerprint density at radius 3 is 2.45 bits per heavy atom. The molecule has 4 rings (SSSR count). The maximum Gasteiger partial charge on any atom is 0.249 e. The lowest BCUT2D eigenvalue weighted by Gasteiger charge is -2.37. The van der Waals surface area contributed by atoms with E-state index in [0.717, 1.165) is 51.4 Å². The quantitative estimate of drug-likeness (QED) is 0.772. The predicted octanol–water partition coefficient (Wildman–Crippen LogP) is 3.23. The summed E-state index contributed by atoms with van der Waals surface area (Å²) in [4.78, 5) is 45.1. The minimum Gasteiger partial charge on any atom is -0.351 e. The first-order valence-corrected chi connectivity index (χ1v) is 11.8. The van der Waals surface area contributed by atoms with Crippen molar-refractivity contribution in [3.63, 3.8) is 0 Å². The molecule has 0 bridgehead atoms. The number of thioether (sulfide) groups is 1. The first-order valence-electron chi connectivity index (χ1n) is 10.8. The standard InChI is InChI=1S/C22H29N3O3S/c26-19-13-15(14-29-19)22(28)25(17-9-3-4-10-17)20(18-11-5-6-12-23-18)21(27)24-16-7-1-2-8-16/h5-6,11-12,15-17,20H,1-4,7-10,13-14H2,(H,24,27). The van der Waals surface area contributed by atoms with Crippen LogP contribution >= 0.6 is 11.8 Å². The molecule has 6 nitrogen and oxygen atoms in total. The van der Waals surface area contributed by atoms with Crippen LogP contribution in [0.5, 0.6) is 0 Å². The molecule has 2 atom stereocenters. The molecule has 0 aromatic carbocycles. The summed E-state index contributed by atoms with van der Waals surface area (Å²) in [5.41, 5.74) is 0.611. The molecule has 1 aromatic rings. The smallest absolute Gasteiger partial charge is 0.249 e. The van der Waals surface area contributed by atoms with Crippen LogP contribution in [0.15, 0.2) is 24.4 Å². The Morgan fingerprint density at radius 1 is 1.10 bits per heavy atom. The van der Waals surface area contributed by atoms with Crippen LogP contribution in [0.4, 0.5) is 0 Å². The molecule has 0 radical (unpaired) electrons. The Hall–Kier alpha value is -1.89. The Labute approximate surface area is 176 Å². The average molecular weight is 416 g/mol. The second kappa shape index (κ2) is 9.28. The fourth-order valence-electron chi connectivity index (χ4n) is 4.87. The number of carbonyl (C=O) groups is 3. The van der Waals surface area contributed by atoms with Gasteiger partial charge < -0.3 is 10.2 Å². The van der Waals surface area contributed by atoms with Gasteiger partial charge in [0.05, 0.1) is 11.6 Å². The van der Waals surface area contributed by atoms with E-state index in [0.29, 0.717) is 11.4 Å². The zero-order chi connectivity index (χ0) is 20.2. The summed E-state index contributed by atoms with van der Waals surface area (Å²) in [6.45, 7) is 0. The van der Waals surface area contributed by atoms with Crippen molar-refractivity contribution in [3.05, 3.63) is 30.1 Å². The van der Waals surface area contributed by atoms with Gasteiger partial charge in [-0.05, 0) is 37.8 Å². The van der Waals surface area contributed by atoms with Crippen LogP contribution in [0.25, 0.3) is 0 Å². The minimum atomic E-state index is -0.729. The summed E-state index contributed by atoms with van der Waals surface area (Å²) in [5.74, 6) is -0.0148. The Kier molecular flexibility index (Phi) is 6.53. The summed E-state index contributed by atoms with van der Waals surface area (Å²) in [6.07, 6.45) is 10.1. The van der Waals surface area contributed by atoms with Crippen LogP contribution in [-0.2, 0) is 14.4 Å². The number of aromatic nitrogens is 1. The molecular weight excluding hydrogens is 386 g/mol. The molecule has 2 amide bonds. The van der Waals surface area contributed by atoms with Crippen LogP contribution in [-0.4, -0.2) is 44.7 Å². The SMILES string of the molecule is O=C1CC(C(=O)N(C2CCCC2)C(C(=O)NC2CCCC2)c2ccccn2)CS1. The number of hydrogen-bond donors (Lipinski definition) is 1. The van der Waals surface area contributed by atoms with Crippen molar-refractivity contribution in [2.24, 2.45) is 5.92 Å². The predicted molar refractivity (Wildman–Crippen MR) is 112 cm³/mol. The van der Waals surface area contributed by atoms with E-state index in [-0.39, 0.29) is 41.4 Å². The van der Waals surface area contributed by atoms with Gasteiger partial charge in [0.2, 0.25) is 11.8 Å². The zero-order valence-corrected chi connectivity index (χ0v) is 17.5. The lowest BCUT2D eigenvalue weighted by Crippen LogP contribution is -2.51. The number of amides is 2. The Bertz CT molecular complexity index is 745. The van der Waals surface area contributed by atoms with Gasteiger partial charge in [-0.3, -0.25) is 19.4 Å². The summed E-state index contributed by atoms with van der Waals surface area (Å²) in [6, 6.07) is 5.01. The van der Waals surface area contributed by atoms with E-state index in [2.05, 4.69) is 10.3 Å². The topological polar surface area (TPSA) is 79.4 Å². The molecule has 1 aromatic heterocycles. The van der Waals surface area contributed by atoms with E-state index in [4.69, 9.17) is 0 Å². The van der Waals surface area contributed by atoms with Crippen molar-refractivity contribution < 1.29 is 14.4 Å². The number of nitrogens with one attached hydrogen (secondary N) is 1. The highest BCUT2D eigenvalue weighted by Gasteiger charge is 2.43. The van der Waals surface area contributed by atoms with Crippen molar-refractivity contribution in [3.8, 4) is 0 Å². The highest BCUT2D eigenvalue weighted by atomic mass is 32.2. The molecule has 29 heavy (non-hydrogen) atoms. The van der Waals surface area contributed by atoms with E-state index in [9.17, 15) is 14.4 Å².